The molecule has 0 atom stereocenters. The van der Waals surface area contributed by atoms with Gasteiger partial charge in [0.15, 0.2) is 17.4 Å². The first-order valence-corrected chi connectivity index (χ1v) is 4.70. The zero-order valence-corrected chi connectivity index (χ0v) is 9.41. The van der Waals surface area contributed by atoms with Crippen LogP contribution in [0.1, 0.15) is 20.8 Å². The molecule has 0 saturated carbocycles. The molecule has 0 aromatic heterocycles. The summed E-state index contributed by atoms with van der Waals surface area (Å²) < 4.78 is 55.8. The Morgan fingerprint density at radius 3 is 2.06 bits per heavy atom. The van der Waals surface area contributed by atoms with Crippen LogP contribution in [-0.2, 0) is 4.79 Å². The van der Waals surface area contributed by atoms with Gasteiger partial charge in [-0.05, 0) is 20.8 Å². The summed E-state index contributed by atoms with van der Waals surface area (Å²) >= 11 is 0. The van der Waals surface area contributed by atoms with Crippen molar-refractivity contribution in [2.45, 2.75) is 20.8 Å². The smallest absolute Gasteiger partial charge is 0.316 e. The fourth-order valence-electron chi connectivity index (χ4n) is 0.878. The molecule has 94 valence electrons. The number of halogens is 4. The molecule has 1 aromatic carbocycles. The predicted molar refractivity (Wildman–Crippen MR) is 51.4 cm³/mol. The van der Waals surface area contributed by atoms with Gasteiger partial charge < -0.3 is 4.74 Å². The summed E-state index contributed by atoms with van der Waals surface area (Å²) in [7, 11) is 0. The average molecular weight is 250 g/mol. The standard InChI is InChI=1S/C11H10F4O2/c1-11(2,3)10(16)17-6-4-5(12)7(13)9(15)8(6)14/h4H,1-3H3. The van der Waals surface area contributed by atoms with Gasteiger partial charge in [-0.3, -0.25) is 4.79 Å². The van der Waals surface area contributed by atoms with Gasteiger partial charge in [-0.15, -0.1) is 0 Å². The maximum absolute atomic E-state index is 13.1. The topological polar surface area (TPSA) is 26.3 Å². The van der Waals surface area contributed by atoms with Gasteiger partial charge >= 0.3 is 5.97 Å². The number of ether oxygens (including phenoxy) is 1. The molecular weight excluding hydrogens is 240 g/mol. The Morgan fingerprint density at radius 2 is 1.59 bits per heavy atom. The van der Waals surface area contributed by atoms with Gasteiger partial charge in [-0.25, -0.2) is 13.2 Å². The van der Waals surface area contributed by atoms with Crippen molar-refractivity contribution in [3.05, 3.63) is 29.3 Å². The first-order chi connectivity index (χ1) is 7.64. The molecule has 0 N–H and O–H groups in total. The Hall–Kier alpha value is -1.59. The van der Waals surface area contributed by atoms with E-state index >= 15 is 0 Å². The second-order valence-electron chi connectivity index (χ2n) is 4.44. The Kier molecular flexibility index (Phi) is 3.45. The number of hydrogen-bond acceptors (Lipinski definition) is 2. The summed E-state index contributed by atoms with van der Waals surface area (Å²) in [6.45, 7) is 4.43. The highest BCUT2D eigenvalue weighted by Crippen LogP contribution is 2.27. The van der Waals surface area contributed by atoms with Gasteiger partial charge in [0, 0.05) is 6.07 Å². The largest absolute Gasteiger partial charge is 0.423 e. The van der Waals surface area contributed by atoms with E-state index in [1.807, 2.05) is 0 Å². The lowest BCUT2D eigenvalue weighted by atomic mass is 9.97. The van der Waals surface area contributed by atoms with Crippen molar-refractivity contribution in [3.63, 3.8) is 0 Å². The number of benzene rings is 1. The predicted octanol–water partition coefficient (Wildman–Crippen LogP) is 3.19. The van der Waals surface area contributed by atoms with Gasteiger partial charge in [0.2, 0.25) is 11.6 Å². The quantitative estimate of drug-likeness (QED) is 0.251. The highest BCUT2D eigenvalue weighted by atomic mass is 19.2. The lowest BCUT2D eigenvalue weighted by Gasteiger charge is -2.16. The van der Waals surface area contributed by atoms with E-state index in [0.717, 1.165) is 0 Å². The summed E-state index contributed by atoms with van der Waals surface area (Å²) in [5.74, 6) is -9.18. The molecule has 0 aliphatic heterocycles. The molecule has 0 aliphatic carbocycles. The Bertz CT molecular complexity index is 464. The molecule has 6 heteroatoms. The fraction of sp³-hybridized carbons (Fsp3) is 0.364. The van der Waals surface area contributed by atoms with Crippen LogP contribution in [0.3, 0.4) is 0 Å². The number of rotatable bonds is 1. The van der Waals surface area contributed by atoms with E-state index in [4.69, 9.17) is 0 Å². The molecule has 0 saturated heterocycles. The molecule has 2 nitrogen and oxygen atoms in total. The van der Waals surface area contributed by atoms with Gasteiger partial charge in [0.05, 0.1) is 5.41 Å². The first-order valence-electron chi connectivity index (χ1n) is 4.70. The van der Waals surface area contributed by atoms with E-state index in [2.05, 4.69) is 4.74 Å². The molecule has 0 spiro atoms. The molecule has 0 aliphatic rings. The second kappa shape index (κ2) is 4.35. The number of hydrogen-bond donors (Lipinski definition) is 0. The van der Waals surface area contributed by atoms with Crippen LogP contribution in [0.25, 0.3) is 0 Å². The highest BCUT2D eigenvalue weighted by Gasteiger charge is 2.27. The van der Waals surface area contributed by atoms with Crippen LogP contribution in [0.4, 0.5) is 17.6 Å². The van der Waals surface area contributed by atoms with Crippen molar-refractivity contribution in [1.29, 1.82) is 0 Å². The third kappa shape index (κ3) is 2.75. The average Bonchev–Trinajstić information content (AvgIpc) is 2.21. The lowest BCUT2D eigenvalue weighted by Crippen LogP contribution is -2.26. The normalized spacial score (nSPS) is 11.5. The fourth-order valence-corrected chi connectivity index (χ4v) is 0.878. The summed E-state index contributed by atoms with van der Waals surface area (Å²) in [4.78, 5) is 11.4. The minimum Gasteiger partial charge on any atom is -0.423 e. The minimum atomic E-state index is -2.01. The molecule has 17 heavy (non-hydrogen) atoms. The van der Waals surface area contributed by atoms with E-state index in [-0.39, 0.29) is 6.07 Å². The lowest BCUT2D eigenvalue weighted by molar-refractivity contribution is -0.143. The molecule has 0 bridgehead atoms. The zero-order valence-electron chi connectivity index (χ0n) is 9.41. The maximum atomic E-state index is 13.1. The summed E-state index contributed by atoms with van der Waals surface area (Å²) in [6, 6.07) is 0.289. The third-order valence-electron chi connectivity index (χ3n) is 1.88. The van der Waals surface area contributed by atoms with Crippen molar-refractivity contribution in [2.24, 2.45) is 5.41 Å². The number of carbonyl (C=O) groups excluding carboxylic acids is 1. The molecule has 0 amide bonds. The van der Waals surface area contributed by atoms with Crippen molar-refractivity contribution < 1.29 is 27.1 Å². The zero-order chi connectivity index (χ0) is 13.4. The van der Waals surface area contributed by atoms with E-state index in [1.165, 1.54) is 20.8 Å². The van der Waals surface area contributed by atoms with Crippen molar-refractivity contribution in [2.75, 3.05) is 0 Å². The van der Waals surface area contributed by atoms with Gasteiger partial charge in [0.1, 0.15) is 0 Å². The first kappa shape index (κ1) is 13.5. The van der Waals surface area contributed by atoms with Crippen LogP contribution in [0.5, 0.6) is 5.75 Å². The van der Waals surface area contributed by atoms with E-state index < -0.39 is 40.4 Å². The Balaban J connectivity index is 3.13. The molecule has 1 rings (SSSR count). The van der Waals surface area contributed by atoms with Crippen LogP contribution >= 0.6 is 0 Å². The number of carbonyl (C=O) groups is 1. The Morgan fingerprint density at radius 1 is 1.06 bits per heavy atom. The molecule has 0 unspecified atom stereocenters. The van der Waals surface area contributed by atoms with Gasteiger partial charge in [-0.2, -0.15) is 4.39 Å². The van der Waals surface area contributed by atoms with E-state index in [9.17, 15) is 22.4 Å². The second-order valence-corrected chi connectivity index (χ2v) is 4.44. The molecule has 0 fully saturated rings. The summed E-state index contributed by atoms with van der Waals surface area (Å²) in [6.07, 6.45) is 0. The van der Waals surface area contributed by atoms with Crippen LogP contribution in [0, 0.1) is 28.7 Å². The van der Waals surface area contributed by atoms with Gasteiger partial charge in [0.25, 0.3) is 0 Å². The SMILES string of the molecule is CC(C)(C)C(=O)Oc1cc(F)c(F)c(F)c1F. The van der Waals surface area contributed by atoms with E-state index in [0.29, 0.717) is 0 Å². The van der Waals surface area contributed by atoms with E-state index in [1.54, 1.807) is 0 Å². The monoisotopic (exact) mass is 250 g/mol. The third-order valence-corrected chi connectivity index (χ3v) is 1.88. The number of esters is 1. The van der Waals surface area contributed by atoms with Crippen LogP contribution in [-0.4, -0.2) is 5.97 Å². The van der Waals surface area contributed by atoms with Crippen molar-refractivity contribution in [1.82, 2.24) is 0 Å². The summed E-state index contributed by atoms with van der Waals surface area (Å²) in [5, 5.41) is 0. The van der Waals surface area contributed by atoms with Crippen LogP contribution < -0.4 is 4.74 Å². The van der Waals surface area contributed by atoms with Crippen LogP contribution in [0.2, 0.25) is 0 Å². The van der Waals surface area contributed by atoms with Crippen LogP contribution in [0.15, 0.2) is 6.07 Å². The summed E-state index contributed by atoms with van der Waals surface area (Å²) in [5.41, 5.74) is -0.978. The molecule has 0 radical (unpaired) electrons. The maximum Gasteiger partial charge on any atom is 0.316 e. The molecular formula is C11H10F4O2. The van der Waals surface area contributed by atoms with Crippen molar-refractivity contribution in [3.8, 4) is 5.75 Å². The van der Waals surface area contributed by atoms with Gasteiger partial charge in [-0.1, -0.05) is 0 Å². The molecule has 0 heterocycles. The Labute approximate surface area is 95.2 Å². The molecule has 1 aromatic rings. The van der Waals surface area contributed by atoms with Crippen molar-refractivity contribution >= 4 is 5.97 Å². The minimum absolute atomic E-state index is 0.289. The highest BCUT2D eigenvalue weighted by molar-refractivity contribution is 5.77.